The molecule has 2 bridgehead atoms. The normalized spacial score (nSPS) is 30.0. The molecule has 0 spiro atoms. The van der Waals surface area contributed by atoms with Crippen LogP contribution in [-0.4, -0.2) is 25.3 Å². The molecule has 2 aromatic rings. The van der Waals surface area contributed by atoms with E-state index in [1.807, 2.05) is 12.1 Å². The number of hydroxylamine groups is 3. The lowest BCUT2D eigenvalue weighted by Gasteiger charge is -2.57. The van der Waals surface area contributed by atoms with E-state index in [9.17, 15) is 5.21 Å². The summed E-state index contributed by atoms with van der Waals surface area (Å²) < 4.78 is 21.8. The third-order valence-electron chi connectivity index (χ3n) is 6.05. The highest BCUT2D eigenvalue weighted by Gasteiger charge is 2.47. The smallest absolute Gasteiger partial charge is 0.231 e. The van der Waals surface area contributed by atoms with Gasteiger partial charge in [-0.25, -0.2) is 0 Å². The van der Waals surface area contributed by atoms with E-state index in [0.717, 1.165) is 34.1 Å². The first-order chi connectivity index (χ1) is 12.1. The molecule has 6 heteroatoms. The molecule has 128 valence electrons. The fourth-order valence-electron chi connectivity index (χ4n) is 4.74. The monoisotopic (exact) mass is 339 g/mol. The predicted molar refractivity (Wildman–Crippen MR) is 87.6 cm³/mol. The second kappa shape index (κ2) is 4.39. The molecule has 2 aromatic carbocycles. The highest BCUT2D eigenvalue weighted by Crippen LogP contribution is 2.54. The van der Waals surface area contributed by atoms with Crippen LogP contribution in [0.25, 0.3) is 0 Å². The molecule has 0 saturated carbocycles. The SMILES string of the molecule is C[N+]1([O-])[C@@H]2Cc3cc4c(cc3[C@@H]1Cc1cc3c(cc12)OCO3)OCO4. The number of rotatable bonds is 0. The van der Waals surface area contributed by atoms with Crippen LogP contribution in [0, 0.1) is 5.21 Å². The minimum atomic E-state index is -0.292. The number of hydrogen-bond donors (Lipinski definition) is 0. The number of hydrogen-bond acceptors (Lipinski definition) is 5. The van der Waals surface area contributed by atoms with E-state index >= 15 is 0 Å². The molecule has 4 heterocycles. The average Bonchev–Trinajstić information content (AvgIpc) is 3.21. The van der Waals surface area contributed by atoms with Crippen LogP contribution in [-0.2, 0) is 12.8 Å². The van der Waals surface area contributed by atoms with Gasteiger partial charge < -0.3 is 28.8 Å². The Bertz CT molecular complexity index is 849. The quantitative estimate of drug-likeness (QED) is 0.545. The van der Waals surface area contributed by atoms with Crippen molar-refractivity contribution in [1.29, 1.82) is 0 Å². The zero-order chi connectivity index (χ0) is 16.8. The van der Waals surface area contributed by atoms with E-state index in [1.54, 1.807) is 7.05 Å². The lowest BCUT2D eigenvalue weighted by Crippen LogP contribution is -2.52. The van der Waals surface area contributed by atoms with E-state index in [4.69, 9.17) is 18.9 Å². The van der Waals surface area contributed by atoms with Crippen molar-refractivity contribution in [2.24, 2.45) is 0 Å². The summed E-state index contributed by atoms with van der Waals surface area (Å²) in [5.74, 6) is 3.05. The first-order valence-corrected chi connectivity index (χ1v) is 8.53. The van der Waals surface area contributed by atoms with Gasteiger partial charge in [-0.05, 0) is 35.4 Å². The lowest BCUT2D eigenvalue weighted by molar-refractivity contribution is -0.927. The number of benzene rings is 2. The Balaban J connectivity index is 1.54. The second-order valence-corrected chi connectivity index (χ2v) is 7.31. The maximum absolute atomic E-state index is 13.6. The molecule has 0 amide bonds. The number of nitrogens with zero attached hydrogens (tertiary/aromatic N) is 1. The van der Waals surface area contributed by atoms with Crippen molar-refractivity contribution >= 4 is 0 Å². The summed E-state index contributed by atoms with van der Waals surface area (Å²) in [6.07, 6.45) is 1.38. The summed E-state index contributed by atoms with van der Waals surface area (Å²) in [7, 11) is 1.79. The van der Waals surface area contributed by atoms with Gasteiger partial charge in [-0.2, -0.15) is 0 Å². The Kier molecular flexibility index (Phi) is 2.42. The van der Waals surface area contributed by atoms with Crippen LogP contribution < -0.4 is 18.9 Å². The van der Waals surface area contributed by atoms with Crippen LogP contribution in [0.15, 0.2) is 24.3 Å². The van der Waals surface area contributed by atoms with Crippen LogP contribution in [0.1, 0.15) is 34.3 Å². The predicted octanol–water partition coefficient (Wildman–Crippen LogP) is 2.98. The van der Waals surface area contributed by atoms with Gasteiger partial charge in [-0.3, -0.25) is 0 Å². The first kappa shape index (κ1) is 13.8. The van der Waals surface area contributed by atoms with Crippen molar-refractivity contribution in [1.82, 2.24) is 0 Å². The molecular formula is C19H17NO5. The maximum atomic E-state index is 13.6. The van der Waals surface area contributed by atoms with Crippen molar-refractivity contribution < 1.29 is 23.6 Å². The largest absolute Gasteiger partial charge is 0.632 e. The molecule has 0 radical (unpaired) electrons. The number of likely N-dealkylation sites (N-methyl/N-ethyl adjacent to an activating group) is 1. The van der Waals surface area contributed by atoms with E-state index in [-0.39, 0.29) is 30.3 Å². The summed E-state index contributed by atoms with van der Waals surface area (Å²) in [4.78, 5) is 0. The molecule has 0 fully saturated rings. The number of ether oxygens (including phenoxy) is 4. The van der Waals surface area contributed by atoms with Gasteiger partial charge in [-0.1, -0.05) is 0 Å². The number of fused-ring (bicyclic) bond motifs is 8. The molecule has 4 aliphatic rings. The van der Waals surface area contributed by atoms with Gasteiger partial charge in [0, 0.05) is 24.0 Å². The first-order valence-electron chi connectivity index (χ1n) is 8.53. The highest BCUT2D eigenvalue weighted by molar-refractivity contribution is 5.55. The minimum Gasteiger partial charge on any atom is -0.632 e. The van der Waals surface area contributed by atoms with Crippen molar-refractivity contribution in [3.63, 3.8) is 0 Å². The molecule has 0 N–H and O–H groups in total. The molecule has 4 aliphatic heterocycles. The van der Waals surface area contributed by atoms with E-state index < -0.39 is 0 Å². The van der Waals surface area contributed by atoms with Gasteiger partial charge in [0.2, 0.25) is 13.6 Å². The molecule has 0 aromatic heterocycles. The third-order valence-corrected chi connectivity index (χ3v) is 6.05. The van der Waals surface area contributed by atoms with Crippen molar-refractivity contribution in [2.45, 2.75) is 24.9 Å². The van der Waals surface area contributed by atoms with Crippen LogP contribution in [0.3, 0.4) is 0 Å². The molecule has 0 saturated heterocycles. The molecule has 25 heavy (non-hydrogen) atoms. The van der Waals surface area contributed by atoms with Gasteiger partial charge in [0.25, 0.3) is 0 Å². The fourth-order valence-corrected chi connectivity index (χ4v) is 4.74. The Morgan fingerprint density at radius 2 is 1.16 bits per heavy atom. The summed E-state index contributed by atoms with van der Waals surface area (Å²) in [6.45, 7) is 0.495. The van der Waals surface area contributed by atoms with Crippen molar-refractivity contribution in [3.8, 4) is 23.0 Å². The molecule has 6 rings (SSSR count). The summed E-state index contributed by atoms with van der Waals surface area (Å²) >= 11 is 0. The van der Waals surface area contributed by atoms with Crippen molar-refractivity contribution in [3.05, 3.63) is 51.7 Å². The van der Waals surface area contributed by atoms with Crippen LogP contribution in [0.2, 0.25) is 0 Å². The molecule has 3 atom stereocenters. The summed E-state index contributed by atoms with van der Waals surface area (Å²) in [5, 5.41) is 13.6. The Hall–Kier alpha value is -2.44. The highest BCUT2D eigenvalue weighted by atomic mass is 16.7. The maximum Gasteiger partial charge on any atom is 0.231 e. The van der Waals surface area contributed by atoms with Crippen LogP contribution >= 0.6 is 0 Å². The standard InChI is InChI=1S/C19H17NO5/c1-20(21)14-2-10-4-16-18(24-8-22-16)6-12(10)15(20)3-11-5-17-19(7-13(11)14)25-9-23-17/h4-7,14-15H,2-3,8-9H2,1H3/t14-,15+,20?. The topological polar surface area (TPSA) is 60.0 Å². The van der Waals surface area contributed by atoms with Gasteiger partial charge in [0.15, 0.2) is 23.0 Å². The Labute approximate surface area is 144 Å². The van der Waals surface area contributed by atoms with Gasteiger partial charge in [0.05, 0.1) is 7.05 Å². The fraction of sp³-hybridized carbons (Fsp3) is 0.368. The van der Waals surface area contributed by atoms with E-state index in [2.05, 4.69) is 12.1 Å². The van der Waals surface area contributed by atoms with Crippen LogP contribution in [0.4, 0.5) is 0 Å². The molecule has 0 aliphatic carbocycles. The van der Waals surface area contributed by atoms with Gasteiger partial charge in [0.1, 0.15) is 12.1 Å². The minimum absolute atomic E-state index is 0.142. The summed E-state index contributed by atoms with van der Waals surface area (Å²) in [5.41, 5.74) is 4.55. The van der Waals surface area contributed by atoms with E-state index in [1.165, 1.54) is 11.1 Å². The second-order valence-electron chi connectivity index (χ2n) is 7.31. The number of quaternary nitrogens is 1. The average molecular weight is 339 g/mol. The van der Waals surface area contributed by atoms with Crippen molar-refractivity contribution in [2.75, 3.05) is 20.6 Å². The van der Waals surface area contributed by atoms with E-state index in [0.29, 0.717) is 12.8 Å². The van der Waals surface area contributed by atoms with Gasteiger partial charge >= 0.3 is 0 Å². The molecular weight excluding hydrogens is 322 g/mol. The zero-order valence-corrected chi connectivity index (χ0v) is 13.8. The third kappa shape index (κ3) is 1.70. The lowest BCUT2D eigenvalue weighted by atomic mass is 9.76. The Morgan fingerprint density at radius 3 is 1.60 bits per heavy atom. The van der Waals surface area contributed by atoms with Crippen LogP contribution in [0.5, 0.6) is 23.0 Å². The molecule has 6 nitrogen and oxygen atoms in total. The van der Waals surface area contributed by atoms with Gasteiger partial charge in [-0.15, -0.1) is 0 Å². The Morgan fingerprint density at radius 1 is 0.760 bits per heavy atom. The molecule has 1 unspecified atom stereocenters. The zero-order valence-electron chi connectivity index (χ0n) is 13.8. The summed E-state index contributed by atoms with van der Waals surface area (Å²) in [6, 6.07) is 7.83.